The van der Waals surface area contributed by atoms with Crippen molar-refractivity contribution in [2.24, 2.45) is 0 Å². The molecule has 0 amide bonds. The molecular formula is C13H10N2S. The smallest absolute Gasteiger partial charge is 0.0769 e. The van der Waals surface area contributed by atoms with Crippen LogP contribution < -0.4 is 0 Å². The number of hydrogen-bond acceptors (Lipinski definition) is 2. The maximum atomic E-state index is 4.23. The first kappa shape index (κ1) is 9.36. The molecule has 2 nitrogen and oxygen atoms in total. The van der Waals surface area contributed by atoms with Gasteiger partial charge in [-0.3, -0.25) is 0 Å². The van der Waals surface area contributed by atoms with Crippen molar-refractivity contribution in [1.82, 2.24) is 9.36 Å². The van der Waals surface area contributed by atoms with Gasteiger partial charge >= 0.3 is 0 Å². The van der Waals surface area contributed by atoms with Gasteiger partial charge in [0.15, 0.2) is 0 Å². The lowest BCUT2D eigenvalue weighted by Gasteiger charge is -1.85. The van der Waals surface area contributed by atoms with Gasteiger partial charge in [0, 0.05) is 16.6 Å². The lowest BCUT2D eigenvalue weighted by atomic mass is 10.2. The van der Waals surface area contributed by atoms with Crippen LogP contribution in [0.2, 0.25) is 0 Å². The van der Waals surface area contributed by atoms with E-state index in [4.69, 9.17) is 0 Å². The Morgan fingerprint density at radius 1 is 1.12 bits per heavy atom. The summed E-state index contributed by atoms with van der Waals surface area (Å²) in [6.45, 7) is 0. The van der Waals surface area contributed by atoms with Gasteiger partial charge in [0.25, 0.3) is 0 Å². The Hall–Kier alpha value is -1.87. The minimum absolute atomic E-state index is 1.00. The molecule has 0 radical (unpaired) electrons. The number of hydrogen-bond donors (Lipinski definition) is 1. The van der Waals surface area contributed by atoms with Crippen LogP contribution in [0.3, 0.4) is 0 Å². The van der Waals surface area contributed by atoms with Crippen LogP contribution in [-0.2, 0) is 0 Å². The molecule has 0 unspecified atom stereocenters. The van der Waals surface area contributed by atoms with E-state index in [2.05, 4.69) is 33.6 Å². The number of benzene rings is 1. The molecule has 16 heavy (non-hydrogen) atoms. The number of H-pyrrole nitrogens is 1. The lowest BCUT2D eigenvalue weighted by molar-refractivity contribution is 1.43. The molecule has 3 aromatic rings. The van der Waals surface area contributed by atoms with Crippen LogP contribution in [0.25, 0.3) is 23.1 Å². The zero-order valence-electron chi connectivity index (χ0n) is 8.55. The van der Waals surface area contributed by atoms with Gasteiger partial charge in [0.2, 0.25) is 0 Å². The van der Waals surface area contributed by atoms with Gasteiger partial charge in [0.1, 0.15) is 0 Å². The largest absolute Gasteiger partial charge is 0.355 e. The first-order valence-electron chi connectivity index (χ1n) is 5.08. The van der Waals surface area contributed by atoms with E-state index in [1.807, 2.05) is 29.7 Å². The zero-order valence-corrected chi connectivity index (χ0v) is 9.37. The number of aromatic nitrogens is 2. The number of aromatic amines is 1. The fraction of sp³-hybridized carbons (Fsp3) is 0. The number of para-hydroxylation sites is 1. The number of rotatable bonds is 2. The van der Waals surface area contributed by atoms with Crippen LogP contribution in [0, 0.1) is 0 Å². The summed E-state index contributed by atoms with van der Waals surface area (Å²) in [6.07, 6.45) is 4.07. The minimum Gasteiger partial charge on any atom is -0.355 e. The summed E-state index contributed by atoms with van der Waals surface area (Å²) in [6, 6.07) is 12.4. The third-order valence-electron chi connectivity index (χ3n) is 2.44. The van der Waals surface area contributed by atoms with E-state index in [1.165, 1.54) is 22.4 Å². The molecule has 0 atom stereocenters. The lowest BCUT2D eigenvalue weighted by Crippen LogP contribution is -1.70. The molecule has 2 aromatic heterocycles. The third-order valence-corrected chi connectivity index (χ3v) is 3.02. The monoisotopic (exact) mass is 226 g/mol. The van der Waals surface area contributed by atoms with Gasteiger partial charge in [-0.15, -0.1) is 0 Å². The Balaban J connectivity index is 1.95. The van der Waals surface area contributed by atoms with Crippen LogP contribution in [0.1, 0.15) is 11.4 Å². The van der Waals surface area contributed by atoms with Crippen molar-refractivity contribution in [3.05, 3.63) is 53.2 Å². The molecule has 1 aromatic carbocycles. The summed E-state index contributed by atoms with van der Waals surface area (Å²) in [5.74, 6) is 0. The van der Waals surface area contributed by atoms with E-state index in [9.17, 15) is 0 Å². The van der Waals surface area contributed by atoms with Crippen LogP contribution >= 0.6 is 11.5 Å². The van der Waals surface area contributed by atoms with Crippen LogP contribution in [0.5, 0.6) is 0 Å². The Kier molecular flexibility index (Phi) is 2.31. The van der Waals surface area contributed by atoms with Crippen LogP contribution in [0.15, 0.2) is 41.8 Å². The molecule has 0 spiro atoms. The SMILES string of the molecule is C(=C\c1cc2ccccc2[nH]1)/c1ccsn1. The topological polar surface area (TPSA) is 28.7 Å². The van der Waals surface area contributed by atoms with Crippen molar-refractivity contribution in [2.75, 3.05) is 0 Å². The van der Waals surface area contributed by atoms with Gasteiger partial charge in [-0.1, -0.05) is 18.2 Å². The highest BCUT2D eigenvalue weighted by Gasteiger charge is 1.96. The molecule has 0 saturated carbocycles. The maximum Gasteiger partial charge on any atom is 0.0769 e. The van der Waals surface area contributed by atoms with Crippen molar-refractivity contribution in [2.45, 2.75) is 0 Å². The van der Waals surface area contributed by atoms with Gasteiger partial charge < -0.3 is 4.98 Å². The molecule has 78 valence electrons. The summed E-state index contributed by atoms with van der Waals surface area (Å²) >= 11 is 1.47. The molecule has 3 heteroatoms. The van der Waals surface area contributed by atoms with E-state index < -0.39 is 0 Å². The second-order valence-electron chi connectivity index (χ2n) is 3.57. The highest BCUT2D eigenvalue weighted by Crippen LogP contribution is 2.16. The summed E-state index contributed by atoms with van der Waals surface area (Å²) in [4.78, 5) is 3.35. The molecular weight excluding hydrogens is 216 g/mol. The van der Waals surface area contributed by atoms with Gasteiger partial charge in [-0.2, -0.15) is 4.37 Å². The van der Waals surface area contributed by atoms with Crippen molar-refractivity contribution in [1.29, 1.82) is 0 Å². The van der Waals surface area contributed by atoms with Crippen LogP contribution in [-0.4, -0.2) is 9.36 Å². The molecule has 0 aliphatic carbocycles. The van der Waals surface area contributed by atoms with Gasteiger partial charge in [-0.25, -0.2) is 0 Å². The quantitative estimate of drug-likeness (QED) is 0.707. The summed E-state index contributed by atoms with van der Waals surface area (Å²) in [5.41, 5.74) is 3.28. The fourth-order valence-electron chi connectivity index (χ4n) is 1.67. The number of fused-ring (bicyclic) bond motifs is 1. The van der Waals surface area contributed by atoms with Gasteiger partial charge in [-0.05, 0) is 47.3 Å². The summed E-state index contributed by atoms with van der Waals surface area (Å²) in [7, 11) is 0. The molecule has 0 aliphatic rings. The molecule has 0 aliphatic heterocycles. The van der Waals surface area contributed by atoms with Gasteiger partial charge in [0.05, 0.1) is 5.69 Å². The minimum atomic E-state index is 1.00. The first-order valence-corrected chi connectivity index (χ1v) is 5.92. The molecule has 1 N–H and O–H groups in total. The van der Waals surface area contributed by atoms with Crippen molar-refractivity contribution >= 4 is 34.6 Å². The molecule has 0 saturated heterocycles. The molecule has 0 bridgehead atoms. The van der Waals surface area contributed by atoms with E-state index in [0.717, 1.165) is 11.4 Å². The Morgan fingerprint density at radius 2 is 2.06 bits per heavy atom. The van der Waals surface area contributed by atoms with E-state index >= 15 is 0 Å². The van der Waals surface area contributed by atoms with Crippen molar-refractivity contribution in [3.8, 4) is 0 Å². The molecule has 0 fully saturated rings. The Labute approximate surface area is 97.4 Å². The second-order valence-corrected chi connectivity index (χ2v) is 4.24. The third kappa shape index (κ3) is 1.77. The predicted octanol–water partition coefficient (Wildman–Crippen LogP) is 3.79. The van der Waals surface area contributed by atoms with E-state index in [0.29, 0.717) is 0 Å². The average Bonchev–Trinajstić information content (AvgIpc) is 2.95. The highest BCUT2D eigenvalue weighted by molar-refractivity contribution is 7.03. The Morgan fingerprint density at radius 3 is 2.88 bits per heavy atom. The van der Waals surface area contributed by atoms with Crippen molar-refractivity contribution in [3.63, 3.8) is 0 Å². The first-order chi connectivity index (χ1) is 7.92. The van der Waals surface area contributed by atoms with E-state index in [-0.39, 0.29) is 0 Å². The highest BCUT2D eigenvalue weighted by atomic mass is 32.1. The predicted molar refractivity (Wildman–Crippen MR) is 69.3 cm³/mol. The zero-order chi connectivity index (χ0) is 10.8. The second kappa shape index (κ2) is 3.94. The molecule has 2 heterocycles. The van der Waals surface area contributed by atoms with Crippen molar-refractivity contribution < 1.29 is 0 Å². The maximum absolute atomic E-state index is 4.23. The molecule has 3 rings (SSSR count). The Bertz CT molecular complexity index is 587. The van der Waals surface area contributed by atoms with Crippen LogP contribution in [0.4, 0.5) is 0 Å². The summed E-state index contributed by atoms with van der Waals surface area (Å²) < 4.78 is 4.23. The van der Waals surface area contributed by atoms with E-state index in [1.54, 1.807) is 0 Å². The normalized spacial score (nSPS) is 11.5. The average molecular weight is 226 g/mol. The standard InChI is InChI=1S/C13H10N2S/c1-2-4-13-10(3-1)9-12(14-13)6-5-11-7-8-16-15-11/h1-9,14H/b6-5+. The fourth-order valence-corrected chi connectivity index (χ4v) is 2.17. The number of nitrogens with zero attached hydrogens (tertiary/aromatic N) is 1. The number of nitrogens with one attached hydrogen (secondary N) is 1. The summed E-state index contributed by atoms with van der Waals surface area (Å²) in [5, 5.41) is 3.21.